The number of carbonyl (C=O) groups is 1. The predicted molar refractivity (Wildman–Crippen MR) is 89.2 cm³/mol. The third-order valence-corrected chi connectivity index (χ3v) is 4.35. The van der Waals surface area contributed by atoms with Crippen LogP contribution in [0.4, 0.5) is 4.79 Å². The number of rotatable bonds is 5. The molecule has 2 amide bonds. The number of likely N-dealkylation sites (tertiary alicyclic amines) is 1. The van der Waals surface area contributed by atoms with E-state index in [1.165, 1.54) is 5.56 Å². The Morgan fingerprint density at radius 2 is 2.21 bits per heavy atom. The Bertz CT molecular complexity index is 673. The van der Waals surface area contributed by atoms with Gasteiger partial charge in [0.25, 0.3) is 0 Å². The number of hydrogen-bond donors (Lipinski definition) is 2. The number of hydrogen-bond acceptors (Lipinski definition) is 5. The van der Waals surface area contributed by atoms with Crippen molar-refractivity contribution in [1.82, 2.24) is 25.7 Å². The molecule has 1 saturated heterocycles. The van der Waals surface area contributed by atoms with Gasteiger partial charge in [-0.25, -0.2) is 4.79 Å². The van der Waals surface area contributed by atoms with Crippen LogP contribution in [0.15, 0.2) is 34.9 Å². The van der Waals surface area contributed by atoms with Crippen LogP contribution in [0.5, 0.6) is 0 Å². The molecule has 1 aromatic carbocycles. The zero-order chi connectivity index (χ0) is 16.9. The van der Waals surface area contributed by atoms with E-state index in [0.717, 1.165) is 19.5 Å². The second-order valence-corrected chi connectivity index (χ2v) is 6.13. The van der Waals surface area contributed by atoms with E-state index in [4.69, 9.17) is 4.52 Å². The van der Waals surface area contributed by atoms with E-state index >= 15 is 0 Å². The third kappa shape index (κ3) is 4.11. The minimum atomic E-state index is -0.204. The lowest BCUT2D eigenvalue weighted by Crippen LogP contribution is -2.43. The largest absolute Gasteiger partial charge is 0.337 e. The van der Waals surface area contributed by atoms with Crippen molar-refractivity contribution >= 4 is 6.03 Å². The molecule has 7 heteroatoms. The summed E-state index contributed by atoms with van der Waals surface area (Å²) in [6.07, 6.45) is 0.949. The minimum Gasteiger partial charge on any atom is -0.337 e. The monoisotopic (exact) mass is 329 g/mol. The molecule has 24 heavy (non-hydrogen) atoms. The second-order valence-electron chi connectivity index (χ2n) is 6.13. The van der Waals surface area contributed by atoms with Gasteiger partial charge in [-0.2, -0.15) is 4.98 Å². The van der Waals surface area contributed by atoms with Crippen molar-refractivity contribution in [1.29, 1.82) is 0 Å². The highest BCUT2D eigenvalue weighted by Crippen LogP contribution is 2.24. The van der Waals surface area contributed by atoms with Gasteiger partial charge in [0.05, 0.1) is 6.54 Å². The van der Waals surface area contributed by atoms with Gasteiger partial charge >= 0.3 is 6.03 Å². The fourth-order valence-corrected chi connectivity index (χ4v) is 3.00. The van der Waals surface area contributed by atoms with E-state index in [1.54, 1.807) is 6.92 Å². The van der Waals surface area contributed by atoms with Crippen molar-refractivity contribution in [2.75, 3.05) is 13.1 Å². The summed E-state index contributed by atoms with van der Waals surface area (Å²) < 4.78 is 4.97. The smallest absolute Gasteiger partial charge is 0.315 e. The van der Waals surface area contributed by atoms with Crippen molar-refractivity contribution in [3.63, 3.8) is 0 Å². The quantitative estimate of drug-likeness (QED) is 0.877. The van der Waals surface area contributed by atoms with E-state index in [2.05, 4.69) is 56.9 Å². The maximum atomic E-state index is 12.0. The molecule has 2 N–H and O–H groups in total. The Hall–Kier alpha value is -2.41. The molecule has 1 aromatic heterocycles. The van der Waals surface area contributed by atoms with Gasteiger partial charge in [0.1, 0.15) is 0 Å². The highest BCUT2D eigenvalue weighted by molar-refractivity contribution is 5.74. The zero-order valence-corrected chi connectivity index (χ0v) is 14.0. The van der Waals surface area contributed by atoms with Gasteiger partial charge in [-0.1, -0.05) is 35.5 Å². The molecule has 2 atom stereocenters. The molecule has 1 aliphatic heterocycles. The first-order valence-corrected chi connectivity index (χ1v) is 8.24. The zero-order valence-electron chi connectivity index (χ0n) is 14.0. The number of amides is 2. The summed E-state index contributed by atoms with van der Waals surface area (Å²) in [5.41, 5.74) is 1.30. The summed E-state index contributed by atoms with van der Waals surface area (Å²) in [5.74, 6) is 0.974. The predicted octanol–water partition coefficient (Wildman–Crippen LogP) is 2.01. The lowest BCUT2D eigenvalue weighted by molar-refractivity contribution is 0.230. The van der Waals surface area contributed by atoms with Crippen molar-refractivity contribution in [3.05, 3.63) is 47.6 Å². The summed E-state index contributed by atoms with van der Waals surface area (Å²) in [6, 6.07) is 10.7. The van der Waals surface area contributed by atoms with Crippen LogP contribution in [0.1, 0.15) is 36.7 Å². The summed E-state index contributed by atoms with van der Waals surface area (Å²) in [4.78, 5) is 18.4. The molecule has 0 aliphatic carbocycles. The summed E-state index contributed by atoms with van der Waals surface area (Å²) in [5, 5.41) is 9.45. The average molecular weight is 329 g/mol. The van der Waals surface area contributed by atoms with Gasteiger partial charge in [-0.3, -0.25) is 4.90 Å². The fraction of sp³-hybridized carbons (Fsp3) is 0.471. The molecule has 0 spiro atoms. The fourth-order valence-electron chi connectivity index (χ4n) is 3.00. The topological polar surface area (TPSA) is 83.3 Å². The number of aromatic nitrogens is 2. The van der Waals surface area contributed by atoms with Gasteiger partial charge in [0, 0.05) is 25.2 Å². The van der Waals surface area contributed by atoms with E-state index in [0.29, 0.717) is 17.8 Å². The van der Waals surface area contributed by atoms with Gasteiger partial charge < -0.3 is 15.2 Å². The molecule has 1 fully saturated rings. The van der Waals surface area contributed by atoms with Gasteiger partial charge in [0.15, 0.2) is 5.82 Å². The molecule has 2 heterocycles. The lowest BCUT2D eigenvalue weighted by Gasteiger charge is -2.24. The molecule has 2 aromatic rings. The summed E-state index contributed by atoms with van der Waals surface area (Å²) >= 11 is 0. The molecule has 3 rings (SSSR count). The number of nitrogens with zero attached hydrogens (tertiary/aromatic N) is 3. The van der Waals surface area contributed by atoms with Gasteiger partial charge in [-0.05, 0) is 25.8 Å². The molecular formula is C17H23N5O2. The molecular weight excluding hydrogens is 306 g/mol. The van der Waals surface area contributed by atoms with E-state index in [-0.39, 0.29) is 18.6 Å². The van der Waals surface area contributed by atoms with Crippen LogP contribution in [-0.4, -0.2) is 40.2 Å². The Morgan fingerprint density at radius 3 is 2.92 bits per heavy atom. The van der Waals surface area contributed by atoms with E-state index < -0.39 is 0 Å². The first-order valence-electron chi connectivity index (χ1n) is 8.24. The number of urea groups is 1. The number of carbonyl (C=O) groups excluding carboxylic acids is 1. The second kappa shape index (κ2) is 7.44. The van der Waals surface area contributed by atoms with Crippen molar-refractivity contribution in [2.24, 2.45) is 0 Å². The van der Waals surface area contributed by atoms with Crippen LogP contribution in [0.25, 0.3) is 0 Å². The van der Waals surface area contributed by atoms with Gasteiger partial charge in [-0.15, -0.1) is 0 Å². The normalized spacial score (nSPS) is 19.2. The maximum absolute atomic E-state index is 12.0. The summed E-state index contributed by atoms with van der Waals surface area (Å²) in [6.45, 7) is 6.01. The van der Waals surface area contributed by atoms with E-state index in [9.17, 15) is 4.79 Å². The first-order chi connectivity index (χ1) is 11.6. The summed E-state index contributed by atoms with van der Waals surface area (Å²) in [7, 11) is 0. The number of aryl methyl sites for hydroxylation is 1. The van der Waals surface area contributed by atoms with E-state index in [1.807, 2.05) is 6.07 Å². The Balaban J connectivity index is 1.44. The van der Waals surface area contributed by atoms with Crippen LogP contribution in [0, 0.1) is 6.92 Å². The van der Waals surface area contributed by atoms with Crippen LogP contribution < -0.4 is 10.6 Å². The van der Waals surface area contributed by atoms with Crippen LogP contribution in [0.2, 0.25) is 0 Å². The molecule has 0 radical (unpaired) electrons. The Labute approximate surface area is 141 Å². The molecule has 0 saturated carbocycles. The highest BCUT2D eigenvalue weighted by Gasteiger charge is 2.27. The first kappa shape index (κ1) is 16.4. The molecule has 1 aliphatic rings. The van der Waals surface area contributed by atoms with Crippen LogP contribution in [0.3, 0.4) is 0 Å². The Morgan fingerprint density at radius 1 is 1.42 bits per heavy atom. The minimum absolute atomic E-state index is 0.153. The van der Waals surface area contributed by atoms with Crippen molar-refractivity contribution < 1.29 is 9.32 Å². The maximum Gasteiger partial charge on any atom is 0.315 e. The number of nitrogens with one attached hydrogen (secondary N) is 2. The highest BCUT2D eigenvalue weighted by atomic mass is 16.5. The standard InChI is InChI=1S/C17H23N5O2/c1-12(14-6-4-3-5-7-14)22-9-8-15(11-22)20-17(23)18-10-16-19-13(2)21-24-16/h3-7,12,15H,8-11H2,1-2H3,(H2,18,20,23)/t12-,15+/m0/s1. The van der Waals surface area contributed by atoms with Crippen LogP contribution in [-0.2, 0) is 6.54 Å². The van der Waals surface area contributed by atoms with Crippen molar-refractivity contribution in [2.45, 2.75) is 38.9 Å². The molecule has 0 unspecified atom stereocenters. The molecule has 0 bridgehead atoms. The number of benzene rings is 1. The SMILES string of the molecule is Cc1noc(CNC(=O)N[C@@H]2CCN([C@@H](C)c3ccccc3)C2)n1. The third-order valence-electron chi connectivity index (χ3n) is 4.35. The van der Waals surface area contributed by atoms with Crippen LogP contribution >= 0.6 is 0 Å². The average Bonchev–Trinajstić information content (AvgIpc) is 3.22. The molecule has 7 nitrogen and oxygen atoms in total. The lowest BCUT2D eigenvalue weighted by atomic mass is 10.1. The Kier molecular flexibility index (Phi) is 5.10. The van der Waals surface area contributed by atoms with Gasteiger partial charge in [0.2, 0.25) is 5.89 Å². The van der Waals surface area contributed by atoms with Crippen molar-refractivity contribution in [3.8, 4) is 0 Å². The molecule has 128 valence electrons.